The van der Waals surface area contributed by atoms with Crippen LogP contribution in [0.1, 0.15) is 28.9 Å². The normalized spacial score (nSPS) is 12.0. The van der Waals surface area contributed by atoms with Crippen molar-refractivity contribution < 1.29 is 19.5 Å². The predicted molar refractivity (Wildman–Crippen MR) is 134 cm³/mol. The van der Waals surface area contributed by atoms with Crippen molar-refractivity contribution in [3.8, 4) is 0 Å². The monoisotopic (exact) mass is 481 g/mol. The molecule has 0 aliphatic carbocycles. The Hall–Kier alpha value is -4.38. The van der Waals surface area contributed by atoms with E-state index in [0.717, 1.165) is 16.5 Å². The van der Waals surface area contributed by atoms with Crippen LogP contribution in [0.15, 0.2) is 60.7 Å². The highest BCUT2D eigenvalue weighted by Crippen LogP contribution is 2.14. The van der Waals surface area contributed by atoms with Crippen LogP contribution in [0, 0.1) is 5.41 Å². The van der Waals surface area contributed by atoms with Crippen LogP contribution in [0.4, 0.5) is 0 Å². The van der Waals surface area contributed by atoms with Gasteiger partial charge in [0.05, 0.1) is 6.04 Å². The number of amides is 2. The summed E-state index contributed by atoms with van der Waals surface area (Å²) >= 11 is 0. The molecule has 2 aromatic carbocycles. The number of nitrogens with one attached hydrogen (secondary N) is 4. The number of carbonyl (C=O) groups excluding carboxylic acids is 2. The lowest BCUT2D eigenvalue weighted by Crippen LogP contribution is -2.41. The van der Waals surface area contributed by atoms with Gasteiger partial charge in [0.15, 0.2) is 5.96 Å². The number of guanidine groups is 1. The molecular weight excluding hydrogens is 450 g/mol. The second-order valence-electron chi connectivity index (χ2n) is 7.82. The topological polar surface area (TPSA) is 213 Å². The minimum Gasteiger partial charge on any atom is -0.480 e. The molecule has 0 fully saturated rings. The van der Waals surface area contributed by atoms with E-state index in [-0.39, 0.29) is 12.4 Å². The number of aliphatic carboxylic acids is 1. The second-order valence-corrected chi connectivity index (χ2v) is 7.82. The number of aromatic nitrogens is 1. The minimum absolute atomic E-state index is 0.168. The maximum absolute atomic E-state index is 12.2. The molecule has 1 heterocycles. The van der Waals surface area contributed by atoms with Gasteiger partial charge in [0, 0.05) is 17.4 Å². The Balaban J connectivity index is 0.000000303. The number of fused-ring (bicyclic) bond motifs is 1. The molecule has 0 spiro atoms. The third kappa shape index (κ3) is 9.18. The van der Waals surface area contributed by atoms with E-state index in [4.69, 9.17) is 22.6 Å². The first kappa shape index (κ1) is 26.9. The summed E-state index contributed by atoms with van der Waals surface area (Å²) in [5, 5.41) is 22.2. The number of hydrogen-bond acceptors (Lipinski definition) is 5. The molecule has 2 amide bonds. The van der Waals surface area contributed by atoms with Gasteiger partial charge in [-0.1, -0.05) is 48.5 Å². The van der Waals surface area contributed by atoms with Crippen LogP contribution in [0.3, 0.4) is 0 Å². The molecule has 0 radical (unpaired) electrons. The van der Waals surface area contributed by atoms with Gasteiger partial charge in [0.25, 0.3) is 5.91 Å². The number of carboxylic acid groups (broad SMARTS) is 1. The van der Waals surface area contributed by atoms with Crippen molar-refractivity contribution >= 4 is 34.6 Å². The van der Waals surface area contributed by atoms with Crippen molar-refractivity contribution in [1.82, 2.24) is 15.6 Å². The standard InChI is InChI=1S/C15H19N5O3.C9H12N2O/c16-15(17)18-7-3-6-11(14(22)23)20-13(21)12-8-9-4-1-2-5-10(9)19-12;10-8(9(11)12)6-7-4-2-1-3-5-7/h1-2,4-5,8,11,19H,3,6-7H2,(H,20,21)(H,22,23)(H4,16,17,18);1-5,8H,6,10H2,(H2,11,12)/t11-;8-/m00/s1. The van der Waals surface area contributed by atoms with Gasteiger partial charge in [-0.2, -0.15) is 0 Å². The Morgan fingerprint density at radius 3 is 2.29 bits per heavy atom. The summed E-state index contributed by atoms with van der Waals surface area (Å²) in [6, 6.07) is 17.1. The van der Waals surface area contributed by atoms with E-state index in [1.807, 2.05) is 54.6 Å². The molecule has 0 aliphatic rings. The Bertz CT molecular complexity index is 1110. The number of hydrogen-bond donors (Lipinski definition) is 8. The first-order chi connectivity index (χ1) is 16.7. The van der Waals surface area contributed by atoms with Crippen molar-refractivity contribution in [2.24, 2.45) is 17.2 Å². The molecule has 0 bridgehead atoms. The number of primary amides is 1. The van der Waals surface area contributed by atoms with Crippen molar-refractivity contribution in [2.45, 2.75) is 31.3 Å². The van der Waals surface area contributed by atoms with Crippen LogP contribution < -0.4 is 27.8 Å². The molecule has 0 unspecified atom stereocenters. The number of H-pyrrole nitrogens is 1. The summed E-state index contributed by atoms with van der Waals surface area (Å²) in [5.74, 6) is -2.19. The molecule has 11 nitrogen and oxygen atoms in total. The fraction of sp³-hybridized carbons (Fsp3) is 0.250. The van der Waals surface area contributed by atoms with E-state index in [9.17, 15) is 19.5 Å². The lowest BCUT2D eigenvalue weighted by molar-refractivity contribution is -0.139. The first-order valence-electron chi connectivity index (χ1n) is 11.0. The van der Waals surface area contributed by atoms with E-state index in [2.05, 4.69) is 15.6 Å². The third-order valence-corrected chi connectivity index (χ3v) is 5.03. The van der Waals surface area contributed by atoms with Crippen LogP contribution in [0.2, 0.25) is 0 Å². The number of carboxylic acids is 1. The van der Waals surface area contributed by atoms with Crippen LogP contribution in [0.5, 0.6) is 0 Å². The largest absolute Gasteiger partial charge is 0.480 e. The summed E-state index contributed by atoms with van der Waals surface area (Å²) in [6.07, 6.45) is 1.21. The summed E-state index contributed by atoms with van der Waals surface area (Å²) < 4.78 is 0. The molecule has 2 atom stereocenters. The molecule has 35 heavy (non-hydrogen) atoms. The molecule has 186 valence electrons. The van der Waals surface area contributed by atoms with E-state index < -0.39 is 29.9 Å². The second kappa shape index (κ2) is 13.4. The van der Waals surface area contributed by atoms with Gasteiger partial charge in [-0.15, -0.1) is 0 Å². The highest BCUT2D eigenvalue weighted by molar-refractivity contribution is 5.99. The fourth-order valence-electron chi connectivity index (χ4n) is 3.19. The van der Waals surface area contributed by atoms with Crippen LogP contribution in [-0.2, 0) is 16.0 Å². The van der Waals surface area contributed by atoms with Crippen LogP contribution in [0.25, 0.3) is 10.9 Å². The summed E-state index contributed by atoms with van der Waals surface area (Å²) in [6.45, 7) is 0.376. The number of rotatable bonds is 10. The SMILES string of the molecule is N=C(N)NCCC[C@H](NC(=O)c1cc2ccccc2[nH]1)C(=O)O.NC(=O)[C@@H](N)Cc1ccccc1. The third-order valence-electron chi connectivity index (χ3n) is 5.03. The fourth-order valence-corrected chi connectivity index (χ4v) is 3.19. The quantitative estimate of drug-likeness (QED) is 0.117. The van der Waals surface area contributed by atoms with Gasteiger partial charge < -0.3 is 37.9 Å². The Kier molecular flexibility index (Phi) is 10.3. The summed E-state index contributed by atoms with van der Waals surface area (Å²) in [5.41, 5.74) is 17.8. The average molecular weight is 482 g/mol. The highest BCUT2D eigenvalue weighted by atomic mass is 16.4. The molecule has 3 rings (SSSR count). The zero-order chi connectivity index (χ0) is 25.8. The Morgan fingerprint density at radius 1 is 1.03 bits per heavy atom. The van der Waals surface area contributed by atoms with Crippen LogP contribution >= 0.6 is 0 Å². The van der Waals surface area contributed by atoms with Gasteiger partial charge in [-0.25, -0.2) is 4.79 Å². The van der Waals surface area contributed by atoms with Gasteiger partial charge in [-0.3, -0.25) is 15.0 Å². The lowest BCUT2D eigenvalue weighted by Gasteiger charge is -2.14. The lowest BCUT2D eigenvalue weighted by atomic mass is 10.1. The van der Waals surface area contributed by atoms with Crippen LogP contribution in [-0.4, -0.2) is 52.5 Å². The van der Waals surface area contributed by atoms with E-state index in [1.165, 1.54) is 0 Å². The highest BCUT2D eigenvalue weighted by Gasteiger charge is 2.21. The maximum atomic E-state index is 12.2. The van der Waals surface area contributed by atoms with Gasteiger partial charge in [0.1, 0.15) is 11.7 Å². The number of carbonyl (C=O) groups is 3. The van der Waals surface area contributed by atoms with Gasteiger partial charge in [0.2, 0.25) is 5.91 Å². The number of aromatic amines is 1. The number of benzene rings is 2. The summed E-state index contributed by atoms with van der Waals surface area (Å²) in [4.78, 5) is 37.0. The predicted octanol–water partition coefficient (Wildman–Crippen LogP) is 0.656. The number of nitrogens with two attached hydrogens (primary N) is 3. The Labute approximate surface area is 202 Å². The van der Waals surface area contributed by atoms with E-state index in [0.29, 0.717) is 25.1 Å². The molecule has 1 aromatic heterocycles. The van der Waals surface area contributed by atoms with E-state index >= 15 is 0 Å². The van der Waals surface area contributed by atoms with Crippen molar-refractivity contribution in [3.05, 3.63) is 71.9 Å². The average Bonchev–Trinajstić information content (AvgIpc) is 3.26. The Morgan fingerprint density at radius 2 is 1.69 bits per heavy atom. The molecular formula is C24H31N7O4. The zero-order valence-electron chi connectivity index (χ0n) is 19.2. The smallest absolute Gasteiger partial charge is 0.326 e. The van der Waals surface area contributed by atoms with Crippen molar-refractivity contribution in [1.29, 1.82) is 5.41 Å². The first-order valence-corrected chi connectivity index (χ1v) is 11.0. The van der Waals surface area contributed by atoms with E-state index in [1.54, 1.807) is 6.07 Å². The maximum Gasteiger partial charge on any atom is 0.326 e. The van der Waals surface area contributed by atoms with Gasteiger partial charge >= 0.3 is 5.97 Å². The minimum atomic E-state index is -1.10. The zero-order valence-corrected chi connectivity index (χ0v) is 19.2. The number of para-hydroxylation sites is 1. The molecule has 0 saturated heterocycles. The molecule has 0 saturated carbocycles. The van der Waals surface area contributed by atoms with Gasteiger partial charge in [-0.05, 0) is 37.0 Å². The molecule has 11 heteroatoms. The molecule has 11 N–H and O–H groups in total. The molecule has 3 aromatic rings. The van der Waals surface area contributed by atoms with Crippen molar-refractivity contribution in [3.63, 3.8) is 0 Å². The van der Waals surface area contributed by atoms with Crippen molar-refractivity contribution in [2.75, 3.05) is 6.54 Å². The summed E-state index contributed by atoms with van der Waals surface area (Å²) in [7, 11) is 0. The molecule has 0 aliphatic heterocycles.